The molecule has 0 saturated carbocycles. The highest BCUT2D eigenvalue weighted by Gasteiger charge is 2.34. The van der Waals surface area contributed by atoms with Crippen LogP contribution in [-0.2, 0) is 12.7 Å². The molecule has 1 aromatic carbocycles. The Labute approximate surface area is 123 Å². The molecule has 0 saturated heterocycles. The molecule has 0 fully saturated rings. The number of rotatable bonds is 3. The quantitative estimate of drug-likeness (QED) is 0.634. The molecule has 0 bridgehead atoms. The molecule has 0 amide bonds. The standard InChI is InChI=1S/C13H10ClF4N3/c1-21(7-8-4-2-3-5-9(8)15)11-6-10(13(16,17)18)19-12(14)20-11/h2-6H,7H2,1H3. The smallest absolute Gasteiger partial charge is 0.355 e. The second-order valence-electron chi connectivity index (χ2n) is 4.33. The summed E-state index contributed by atoms with van der Waals surface area (Å²) in [6, 6.07) is 6.76. The van der Waals surface area contributed by atoms with E-state index in [1.54, 1.807) is 12.1 Å². The van der Waals surface area contributed by atoms with Crippen molar-refractivity contribution in [2.24, 2.45) is 0 Å². The van der Waals surface area contributed by atoms with Gasteiger partial charge < -0.3 is 4.90 Å². The van der Waals surface area contributed by atoms with Gasteiger partial charge in [0.2, 0.25) is 5.28 Å². The minimum absolute atomic E-state index is 0.0365. The molecule has 0 N–H and O–H groups in total. The summed E-state index contributed by atoms with van der Waals surface area (Å²) in [5.41, 5.74) is -0.804. The first kappa shape index (κ1) is 15.5. The normalized spacial score (nSPS) is 11.5. The van der Waals surface area contributed by atoms with E-state index < -0.39 is 23.0 Å². The zero-order valence-corrected chi connectivity index (χ0v) is 11.6. The molecular weight excluding hydrogens is 310 g/mol. The number of halogens is 5. The maximum absolute atomic E-state index is 13.5. The summed E-state index contributed by atoms with van der Waals surface area (Å²) < 4.78 is 51.6. The van der Waals surface area contributed by atoms with Crippen LogP contribution in [0.5, 0.6) is 0 Å². The van der Waals surface area contributed by atoms with Gasteiger partial charge in [0.1, 0.15) is 11.6 Å². The number of anilines is 1. The number of benzene rings is 1. The summed E-state index contributed by atoms with van der Waals surface area (Å²) in [6.45, 7) is 0.0529. The molecule has 0 spiro atoms. The minimum Gasteiger partial charge on any atom is -0.355 e. The largest absolute Gasteiger partial charge is 0.433 e. The molecule has 0 radical (unpaired) electrons. The van der Waals surface area contributed by atoms with Crippen LogP contribution in [0.1, 0.15) is 11.3 Å². The Bertz CT molecular complexity index is 646. The molecule has 0 aliphatic carbocycles. The van der Waals surface area contributed by atoms with Crippen LogP contribution in [0, 0.1) is 5.82 Å². The molecule has 3 nitrogen and oxygen atoms in total. The van der Waals surface area contributed by atoms with Gasteiger partial charge in [-0.25, -0.2) is 14.4 Å². The van der Waals surface area contributed by atoms with Gasteiger partial charge >= 0.3 is 6.18 Å². The molecule has 2 rings (SSSR count). The van der Waals surface area contributed by atoms with Crippen LogP contribution in [0.15, 0.2) is 30.3 Å². The van der Waals surface area contributed by atoms with Crippen LogP contribution in [0.3, 0.4) is 0 Å². The van der Waals surface area contributed by atoms with Crippen LogP contribution in [0.4, 0.5) is 23.4 Å². The fraction of sp³-hybridized carbons (Fsp3) is 0.231. The van der Waals surface area contributed by atoms with E-state index in [1.807, 2.05) is 0 Å². The Hall–Kier alpha value is -1.89. The highest BCUT2D eigenvalue weighted by Crippen LogP contribution is 2.30. The molecule has 112 valence electrons. The van der Waals surface area contributed by atoms with E-state index in [1.165, 1.54) is 24.1 Å². The monoisotopic (exact) mass is 319 g/mol. The van der Waals surface area contributed by atoms with Crippen LogP contribution in [0.25, 0.3) is 0 Å². The topological polar surface area (TPSA) is 29.0 Å². The van der Waals surface area contributed by atoms with Crippen molar-refractivity contribution < 1.29 is 17.6 Å². The SMILES string of the molecule is CN(Cc1ccccc1F)c1cc(C(F)(F)F)nc(Cl)n1. The van der Waals surface area contributed by atoms with Gasteiger partial charge in [-0.3, -0.25) is 0 Å². The van der Waals surface area contributed by atoms with Gasteiger partial charge in [-0.15, -0.1) is 0 Å². The van der Waals surface area contributed by atoms with Crippen molar-refractivity contribution in [1.29, 1.82) is 0 Å². The maximum Gasteiger partial charge on any atom is 0.433 e. The lowest BCUT2D eigenvalue weighted by molar-refractivity contribution is -0.141. The Morgan fingerprint density at radius 1 is 1.19 bits per heavy atom. The van der Waals surface area contributed by atoms with Crippen molar-refractivity contribution in [3.05, 3.63) is 52.7 Å². The lowest BCUT2D eigenvalue weighted by Crippen LogP contribution is -2.20. The molecule has 0 unspecified atom stereocenters. The van der Waals surface area contributed by atoms with E-state index in [0.717, 1.165) is 6.07 Å². The molecule has 2 aromatic rings. The maximum atomic E-state index is 13.5. The summed E-state index contributed by atoms with van der Waals surface area (Å²) in [4.78, 5) is 8.23. The van der Waals surface area contributed by atoms with E-state index in [-0.39, 0.29) is 12.4 Å². The van der Waals surface area contributed by atoms with Gasteiger partial charge in [-0.1, -0.05) is 18.2 Å². The number of hydrogen-bond acceptors (Lipinski definition) is 3. The number of hydrogen-bond donors (Lipinski definition) is 0. The van der Waals surface area contributed by atoms with Crippen molar-refractivity contribution in [1.82, 2.24) is 9.97 Å². The zero-order valence-electron chi connectivity index (χ0n) is 10.8. The minimum atomic E-state index is -4.62. The van der Waals surface area contributed by atoms with Crippen LogP contribution in [0.2, 0.25) is 5.28 Å². The summed E-state index contributed by atoms with van der Waals surface area (Å²) >= 11 is 5.51. The Balaban J connectivity index is 2.29. The second kappa shape index (κ2) is 5.85. The molecule has 1 heterocycles. The van der Waals surface area contributed by atoms with E-state index in [2.05, 4.69) is 9.97 Å². The van der Waals surface area contributed by atoms with Crippen molar-refractivity contribution in [2.45, 2.75) is 12.7 Å². The molecular formula is C13H10ClF4N3. The highest BCUT2D eigenvalue weighted by molar-refractivity contribution is 6.28. The van der Waals surface area contributed by atoms with Crippen LogP contribution in [-0.4, -0.2) is 17.0 Å². The molecule has 0 aliphatic heterocycles. The van der Waals surface area contributed by atoms with Crippen molar-refractivity contribution >= 4 is 17.4 Å². The molecule has 0 aliphatic rings. The fourth-order valence-corrected chi connectivity index (χ4v) is 1.89. The number of aromatic nitrogens is 2. The molecule has 1 aromatic heterocycles. The Morgan fingerprint density at radius 2 is 1.86 bits per heavy atom. The molecule has 0 atom stereocenters. The van der Waals surface area contributed by atoms with E-state index >= 15 is 0 Å². The second-order valence-corrected chi connectivity index (χ2v) is 4.66. The van der Waals surface area contributed by atoms with Crippen molar-refractivity contribution in [3.8, 4) is 0 Å². The van der Waals surface area contributed by atoms with Crippen molar-refractivity contribution in [3.63, 3.8) is 0 Å². The first-order chi connectivity index (χ1) is 9.77. The average molecular weight is 320 g/mol. The number of nitrogens with zero attached hydrogens (tertiary/aromatic N) is 3. The lowest BCUT2D eigenvalue weighted by atomic mass is 10.2. The molecule has 21 heavy (non-hydrogen) atoms. The summed E-state index contributed by atoms with van der Waals surface area (Å²) in [5.74, 6) is -0.480. The highest BCUT2D eigenvalue weighted by atomic mass is 35.5. The average Bonchev–Trinajstić information content (AvgIpc) is 2.39. The predicted octanol–water partition coefficient (Wildman–Crippen LogP) is 3.92. The van der Waals surface area contributed by atoms with Gasteiger partial charge in [0.15, 0.2) is 5.69 Å². The number of alkyl halides is 3. The Morgan fingerprint density at radius 3 is 2.48 bits per heavy atom. The van der Waals surface area contributed by atoms with Gasteiger partial charge in [0.05, 0.1) is 0 Å². The summed E-state index contributed by atoms with van der Waals surface area (Å²) in [7, 11) is 1.49. The fourth-order valence-electron chi connectivity index (χ4n) is 1.71. The van der Waals surface area contributed by atoms with Gasteiger partial charge in [-0.05, 0) is 17.7 Å². The van der Waals surface area contributed by atoms with E-state index in [4.69, 9.17) is 11.6 Å². The third kappa shape index (κ3) is 3.81. The van der Waals surface area contributed by atoms with Gasteiger partial charge in [0, 0.05) is 25.2 Å². The summed E-state index contributed by atoms with van der Waals surface area (Å²) in [5, 5.41) is -0.514. The van der Waals surface area contributed by atoms with E-state index in [0.29, 0.717) is 5.56 Å². The van der Waals surface area contributed by atoms with Gasteiger partial charge in [0.25, 0.3) is 0 Å². The Kier molecular flexibility index (Phi) is 4.32. The predicted molar refractivity (Wildman–Crippen MR) is 70.6 cm³/mol. The zero-order chi connectivity index (χ0) is 15.6. The van der Waals surface area contributed by atoms with E-state index in [9.17, 15) is 17.6 Å². The lowest BCUT2D eigenvalue weighted by Gasteiger charge is -2.19. The van der Waals surface area contributed by atoms with Crippen LogP contribution >= 0.6 is 11.6 Å². The third-order valence-corrected chi connectivity index (χ3v) is 2.90. The van der Waals surface area contributed by atoms with Gasteiger partial charge in [-0.2, -0.15) is 13.2 Å². The summed E-state index contributed by atoms with van der Waals surface area (Å²) in [6.07, 6.45) is -4.62. The third-order valence-electron chi connectivity index (χ3n) is 2.73. The first-order valence-electron chi connectivity index (χ1n) is 5.83. The van der Waals surface area contributed by atoms with Crippen molar-refractivity contribution in [2.75, 3.05) is 11.9 Å². The first-order valence-corrected chi connectivity index (χ1v) is 6.21. The van der Waals surface area contributed by atoms with Crippen LogP contribution < -0.4 is 4.90 Å². The molecule has 8 heteroatoms.